The molecule has 140 valence electrons. The van der Waals surface area contributed by atoms with Crippen LogP contribution in [0, 0.1) is 0 Å². The molecule has 0 spiro atoms. The predicted molar refractivity (Wildman–Crippen MR) is 96.2 cm³/mol. The number of amides is 1. The Hall–Kier alpha value is -1.63. The highest BCUT2D eigenvalue weighted by atomic mass is 16.6. The summed E-state index contributed by atoms with van der Waals surface area (Å²) in [6, 6.07) is 9.84. The summed E-state index contributed by atoms with van der Waals surface area (Å²) < 4.78 is 16.7. The largest absolute Gasteiger partial charge is 0.445 e. The van der Waals surface area contributed by atoms with Crippen molar-refractivity contribution in [3.8, 4) is 0 Å². The van der Waals surface area contributed by atoms with Gasteiger partial charge >= 0.3 is 6.09 Å². The lowest BCUT2D eigenvalue weighted by atomic mass is 10.0. The van der Waals surface area contributed by atoms with Crippen molar-refractivity contribution in [2.45, 2.75) is 51.5 Å². The number of benzene rings is 1. The molecule has 6 nitrogen and oxygen atoms in total. The second-order valence-corrected chi connectivity index (χ2v) is 7.26. The van der Waals surface area contributed by atoms with Crippen molar-refractivity contribution in [2.75, 3.05) is 26.9 Å². The van der Waals surface area contributed by atoms with Crippen molar-refractivity contribution < 1.29 is 19.0 Å². The molecule has 2 atom stereocenters. The summed E-state index contributed by atoms with van der Waals surface area (Å²) in [6.07, 6.45) is 0.420. The molecule has 1 heterocycles. The Bertz CT molecular complexity index is 530. The smallest absolute Gasteiger partial charge is 0.410 e. The fourth-order valence-corrected chi connectivity index (χ4v) is 2.73. The number of ether oxygens (including phenoxy) is 3. The first-order valence-corrected chi connectivity index (χ1v) is 8.75. The normalized spacial score (nSPS) is 21.2. The second kappa shape index (κ2) is 9.17. The summed E-state index contributed by atoms with van der Waals surface area (Å²) in [5.41, 5.74) is 0.798. The Kier molecular flexibility index (Phi) is 7.23. The summed E-state index contributed by atoms with van der Waals surface area (Å²) in [4.78, 5) is 14.0. The lowest BCUT2D eigenvalue weighted by molar-refractivity contribution is -0.0424. The number of methoxy groups -OCH3 is 1. The SMILES string of the molecule is COC1CN(C(=O)OCc2ccccc2)CCC1NCOC(C)(C)C. The first-order chi connectivity index (χ1) is 11.9. The van der Waals surface area contributed by atoms with Gasteiger partial charge in [-0.1, -0.05) is 30.3 Å². The van der Waals surface area contributed by atoms with Crippen molar-refractivity contribution >= 4 is 6.09 Å². The van der Waals surface area contributed by atoms with Gasteiger partial charge in [0.2, 0.25) is 0 Å². The lowest BCUT2D eigenvalue weighted by Gasteiger charge is -2.38. The molecule has 0 radical (unpaired) electrons. The van der Waals surface area contributed by atoms with Crippen molar-refractivity contribution in [1.29, 1.82) is 0 Å². The minimum Gasteiger partial charge on any atom is -0.445 e. The van der Waals surface area contributed by atoms with E-state index < -0.39 is 0 Å². The molecule has 1 saturated heterocycles. The molecular weight excluding hydrogens is 320 g/mol. The molecule has 0 saturated carbocycles. The Morgan fingerprint density at radius 3 is 2.64 bits per heavy atom. The van der Waals surface area contributed by atoms with Crippen LogP contribution in [0.25, 0.3) is 0 Å². The summed E-state index contributed by atoms with van der Waals surface area (Å²) in [5, 5.41) is 3.37. The second-order valence-electron chi connectivity index (χ2n) is 7.26. The molecular formula is C19H30N2O4. The third-order valence-electron chi connectivity index (χ3n) is 4.18. The van der Waals surface area contributed by atoms with Gasteiger partial charge in [-0.2, -0.15) is 0 Å². The maximum atomic E-state index is 12.3. The zero-order valence-corrected chi connectivity index (χ0v) is 15.7. The first kappa shape index (κ1) is 19.7. The molecule has 2 rings (SSSR count). The van der Waals surface area contributed by atoms with Gasteiger partial charge in [-0.25, -0.2) is 4.79 Å². The number of nitrogens with zero attached hydrogens (tertiary/aromatic N) is 1. The number of hydrogen-bond acceptors (Lipinski definition) is 5. The topological polar surface area (TPSA) is 60.0 Å². The van der Waals surface area contributed by atoms with Crippen LogP contribution in [0.15, 0.2) is 30.3 Å². The molecule has 1 aliphatic heterocycles. The van der Waals surface area contributed by atoms with Crippen LogP contribution >= 0.6 is 0 Å². The van der Waals surface area contributed by atoms with Gasteiger partial charge in [0.15, 0.2) is 0 Å². The maximum absolute atomic E-state index is 12.3. The minimum absolute atomic E-state index is 0.0819. The van der Waals surface area contributed by atoms with Crippen molar-refractivity contribution in [1.82, 2.24) is 10.2 Å². The fourth-order valence-electron chi connectivity index (χ4n) is 2.73. The van der Waals surface area contributed by atoms with E-state index in [-0.39, 0.29) is 30.4 Å². The van der Waals surface area contributed by atoms with Crippen LogP contribution in [0.3, 0.4) is 0 Å². The van der Waals surface area contributed by atoms with Crippen molar-refractivity contribution in [3.05, 3.63) is 35.9 Å². The van der Waals surface area contributed by atoms with Crippen molar-refractivity contribution in [2.24, 2.45) is 0 Å². The summed E-state index contributed by atoms with van der Waals surface area (Å²) in [5.74, 6) is 0. The number of likely N-dealkylation sites (tertiary alicyclic amines) is 1. The molecule has 1 aromatic rings. The molecule has 25 heavy (non-hydrogen) atoms. The monoisotopic (exact) mass is 350 g/mol. The Labute approximate surface area is 150 Å². The van der Waals surface area contributed by atoms with Crippen LogP contribution in [0.1, 0.15) is 32.8 Å². The number of carbonyl (C=O) groups excluding carboxylic acids is 1. The highest BCUT2D eigenvalue weighted by Crippen LogP contribution is 2.16. The summed E-state index contributed by atoms with van der Waals surface area (Å²) in [7, 11) is 1.67. The quantitative estimate of drug-likeness (QED) is 0.800. The van der Waals surface area contributed by atoms with E-state index in [9.17, 15) is 4.79 Å². The molecule has 1 N–H and O–H groups in total. The van der Waals surface area contributed by atoms with Crippen LogP contribution in [-0.2, 0) is 20.8 Å². The molecule has 1 fully saturated rings. The van der Waals surface area contributed by atoms with E-state index in [0.29, 0.717) is 19.8 Å². The standard InChI is InChI=1S/C19H30N2O4/c1-19(2,3)25-14-20-16-10-11-21(12-17(16)23-4)18(22)24-13-15-8-6-5-7-9-15/h5-9,16-17,20H,10-14H2,1-4H3. The highest BCUT2D eigenvalue weighted by molar-refractivity contribution is 5.67. The summed E-state index contributed by atoms with van der Waals surface area (Å²) in [6.45, 7) is 7.97. The van der Waals surface area contributed by atoms with Crippen LogP contribution in [-0.4, -0.2) is 55.7 Å². The van der Waals surface area contributed by atoms with Gasteiger partial charge < -0.3 is 19.1 Å². The Morgan fingerprint density at radius 1 is 1.28 bits per heavy atom. The third-order valence-corrected chi connectivity index (χ3v) is 4.18. The number of carbonyl (C=O) groups is 1. The molecule has 2 unspecified atom stereocenters. The minimum atomic E-state index is -0.296. The van der Waals surface area contributed by atoms with Gasteiger partial charge in [0.25, 0.3) is 0 Å². The molecule has 0 aromatic heterocycles. The zero-order valence-electron chi connectivity index (χ0n) is 15.7. The van der Waals surface area contributed by atoms with E-state index in [1.54, 1.807) is 12.0 Å². The van der Waals surface area contributed by atoms with Crippen LogP contribution in [0.2, 0.25) is 0 Å². The molecule has 0 bridgehead atoms. The number of rotatable bonds is 6. The molecule has 0 aliphatic carbocycles. The van der Waals surface area contributed by atoms with Gasteiger partial charge in [-0.15, -0.1) is 0 Å². The summed E-state index contributed by atoms with van der Waals surface area (Å²) >= 11 is 0. The van der Waals surface area contributed by atoms with E-state index >= 15 is 0 Å². The van der Waals surface area contributed by atoms with Gasteiger partial charge in [0, 0.05) is 19.7 Å². The van der Waals surface area contributed by atoms with Crippen LogP contribution < -0.4 is 5.32 Å². The highest BCUT2D eigenvalue weighted by Gasteiger charge is 2.32. The van der Waals surface area contributed by atoms with Crippen molar-refractivity contribution in [3.63, 3.8) is 0 Å². The van der Waals surface area contributed by atoms with Gasteiger partial charge in [-0.3, -0.25) is 5.32 Å². The number of hydrogen-bond donors (Lipinski definition) is 1. The van der Waals surface area contributed by atoms with Gasteiger partial charge in [0.1, 0.15) is 6.61 Å². The number of piperidine rings is 1. The van der Waals surface area contributed by atoms with E-state index in [0.717, 1.165) is 12.0 Å². The van der Waals surface area contributed by atoms with Crippen LogP contribution in [0.4, 0.5) is 4.79 Å². The first-order valence-electron chi connectivity index (χ1n) is 8.75. The maximum Gasteiger partial charge on any atom is 0.410 e. The average Bonchev–Trinajstić information content (AvgIpc) is 2.59. The number of nitrogens with one attached hydrogen (secondary N) is 1. The van der Waals surface area contributed by atoms with E-state index in [1.165, 1.54) is 0 Å². The fraction of sp³-hybridized carbons (Fsp3) is 0.632. The lowest BCUT2D eigenvalue weighted by Crippen LogP contribution is -2.55. The van der Waals surface area contributed by atoms with E-state index in [1.807, 2.05) is 51.1 Å². The Balaban J connectivity index is 1.78. The van der Waals surface area contributed by atoms with Gasteiger partial charge in [-0.05, 0) is 32.8 Å². The van der Waals surface area contributed by atoms with E-state index in [2.05, 4.69) is 5.32 Å². The van der Waals surface area contributed by atoms with Crippen LogP contribution in [0.5, 0.6) is 0 Å². The predicted octanol–water partition coefficient (Wildman–Crippen LogP) is 2.77. The Morgan fingerprint density at radius 2 is 2.00 bits per heavy atom. The molecule has 1 aliphatic rings. The molecule has 1 amide bonds. The average molecular weight is 350 g/mol. The van der Waals surface area contributed by atoms with Gasteiger partial charge in [0.05, 0.1) is 25.0 Å². The molecule has 1 aromatic carbocycles. The van der Waals surface area contributed by atoms with E-state index in [4.69, 9.17) is 14.2 Å². The zero-order chi connectivity index (χ0) is 18.3. The third kappa shape index (κ3) is 6.65. The molecule has 6 heteroatoms.